The topological polar surface area (TPSA) is 105 Å². The van der Waals surface area contributed by atoms with E-state index in [1.165, 1.54) is 35.2 Å². The van der Waals surface area contributed by atoms with Crippen LogP contribution in [0.15, 0.2) is 63.1 Å². The van der Waals surface area contributed by atoms with Crippen molar-refractivity contribution in [3.05, 3.63) is 70.7 Å². The van der Waals surface area contributed by atoms with Gasteiger partial charge in [-0.3, -0.25) is 14.4 Å². The van der Waals surface area contributed by atoms with E-state index in [0.29, 0.717) is 16.4 Å². The molecular formula is C24H27N3O5S. The summed E-state index contributed by atoms with van der Waals surface area (Å²) in [5.74, 6) is -0.182. The van der Waals surface area contributed by atoms with Crippen molar-refractivity contribution in [3.8, 4) is 0 Å². The minimum absolute atomic E-state index is 0.0597. The van der Waals surface area contributed by atoms with Crippen LogP contribution >= 0.6 is 11.3 Å². The number of hydrogen-bond donors (Lipinski definition) is 2. The van der Waals surface area contributed by atoms with E-state index in [0.717, 1.165) is 25.7 Å². The largest absolute Gasteiger partial charge is 0.467 e. The Hall–Kier alpha value is -3.33. The van der Waals surface area contributed by atoms with Gasteiger partial charge in [0.1, 0.15) is 11.5 Å². The Balaban J connectivity index is 1.55. The second kappa shape index (κ2) is 11.0. The van der Waals surface area contributed by atoms with Gasteiger partial charge in [-0.05, 0) is 48.6 Å². The molecule has 33 heavy (non-hydrogen) atoms. The molecule has 3 aromatic rings. The van der Waals surface area contributed by atoms with Crippen molar-refractivity contribution in [3.63, 3.8) is 0 Å². The smallest absolute Gasteiger partial charge is 0.261 e. The fourth-order valence-electron chi connectivity index (χ4n) is 4.04. The minimum atomic E-state index is -0.988. The van der Waals surface area contributed by atoms with Crippen LogP contribution < -0.4 is 10.6 Å². The molecule has 0 bridgehead atoms. The zero-order valence-electron chi connectivity index (χ0n) is 18.2. The molecule has 0 radical (unpaired) electrons. The molecule has 1 saturated carbocycles. The molecule has 8 nitrogen and oxygen atoms in total. The monoisotopic (exact) mass is 469 g/mol. The lowest BCUT2D eigenvalue weighted by Crippen LogP contribution is -2.49. The fourth-order valence-corrected chi connectivity index (χ4v) is 4.68. The van der Waals surface area contributed by atoms with E-state index >= 15 is 0 Å². The molecule has 0 unspecified atom stereocenters. The van der Waals surface area contributed by atoms with Crippen LogP contribution in [0.3, 0.4) is 0 Å². The highest BCUT2D eigenvalue weighted by Crippen LogP contribution is 2.26. The molecule has 0 aliphatic heterocycles. The summed E-state index contributed by atoms with van der Waals surface area (Å²) in [6.45, 7) is -0.199. The van der Waals surface area contributed by atoms with Gasteiger partial charge in [0.05, 0.1) is 30.5 Å². The lowest BCUT2D eigenvalue weighted by molar-refractivity contribution is -0.142. The summed E-state index contributed by atoms with van der Waals surface area (Å²) < 4.78 is 11.0. The van der Waals surface area contributed by atoms with Crippen LogP contribution in [0, 0.1) is 0 Å². The van der Waals surface area contributed by atoms with Crippen molar-refractivity contribution in [1.82, 2.24) is 15.5 Å². The van der Waals surface area contributed by atoms with Crippen LogP contribution in [0.2, 0.25) is 0 Å². The number of furan rings is 2. The van der Waals surface area contributed by atoms with E-state index in [1.807, 2.05) is 0 Å². The number of nitrogens with zero attached hydrogens (tertiary/aromatic N) is 1. The van der Waals surface area contributed by atoms with E-state index in [2.05, 4.69) is 10.6 Å². The van der Waals surface area contributed by atoms with Crippen molar-refractivity contribution in [2.45, 2.75) is 50.7 Å². The zero-order chi connectivity index (χ0) is 23.0. The predicted octanol–water partition coefficient (Wildman–Crippen LogP) is 3.88. The van der Waals surface area contributed by atoms with Crippen molar-refractivity contribution >= 4 is 29.1 Å². The second-order valence-corrected chi connectivity index (χ2v) is 8.97. The molecule has 174 valence electrons. The number of amides is 3. The average Bonchev–Trinajstić information content (AvgIpc) is 3.61. The molecule has 1 fully saturated rings. The molecule has 1 aliphatic carbocycles. The van der Waals surface area contributed by atoms with Gasteiger partial charge in [-0.2, -0.15) is 0 Å². The van der Waals surface area contributed by atoms with Gasteiger partial charge in [0, 0.05) is 6.04 Å². The Bertz CT molecular complexity index is 1020. The molecule has 0 aromatic carbocycles. The molecule has 9 heteroatoms. The molecule has 0 spiro atoms. The van der Waals surface area contributed by atoms with Crippen LogP contribution in [0.4, 0.5) is 0 Å². The van der Waals surface area contributed by atoms with E-state index in [1.54, 1.807) is 41.8 Å². The quantitative estimate of drug-likeness (QED) is 0.495. The number of hydrogen-bond acceptors (Lipinski definition) is 6. The SMILES string of the molecule is O=C(NCC(=O)N(Cc1ccco1)[C@@H](C(=O)NC1CCCCC1)c1ccco1)c1cccs1. The maximum atomic E-state index is 13.4. The number of thiophene rings is 1. The molecule has 3 amide bonds. The summed E-state index contributed by atoms with van der Waals surface area (Å²) in [4.78, 5) is 41.0. The highest BCUT2D eigenvalue weighted by atomic mass is 32.1. The highest BCUT2D eigenvalue weighted by Gasteiger charge is 2.35. The third-order valence-corrected chi connectivity index (χ3v) is 6.56. The van der Waals surface area contributed by atoms with Gasteiger partial charge in [0.25, 0.3) is 11.8 Å². The van der Waals surface area contributed by atoms with Crippen molar-refractivity contribution < 1.29 is 23.2 Å². The van der Waals surface area contributed by atoms with Crippen LogP contribution in [0.1, 0.15) is 59.3 Å². The summed E-state index contributed by atoms with van der Waals surface area (Å²) in [6, 6.07) is 9.37. The van der Waals surface area contributed by atoms with Gasteiger partial charge in [-0.15, -0.1) is 11.3 Å². The van der Waals surface area contributed by atoms with Gasteiger partial charge in [-0.25, -0.2) is 0 Å². The first-order chi connectivity index (χ1) is 16.1. The third-order valence-electron chi connectivity index (χ3n) is 5.70. The van der Waals surface area contributed by atoms with Crippen molar-refractivity contribution in [2.75, 3.05) is 6.54 Å². The third kappa shape index (κ3) is 5.92. The predicted molar refractivity (Wildman–Crippen MR) is 122 cm³/mol. The first-order valence-corrected chi connectivity index (χ1v) is 12.0. The van der Waals surface area contributed by atoms with Gasteiger partial charge in [0.2, 0.25) is 5.91 Å². The van der Waals surface area contributed by atoms with Gasteiger partial charge in [-0.1, -0.05) is 25.3 Å². The first-order valence-electron chi connectivity index (χ1n) is 11.1. The Morgan fingerprint density at radius 1 is 1.03 bits per heavy atom. The van der Waals surface area contributed by atoms with E-state index in [9.17, 15) is 14.4 Å². The summed E-state index contributed by atoms with van der Waals surface area (Å²) in [5, 5.41) is 7.55. The Morgan fingerprint density at radius 3 is 2.48 bits per heavy atom. The molecule has 3 aromatic heterocycles. The summed E-state index contributed by atoms with van der Waals surface area (Å²) in [7, 11) is 0. The summed E-state index contributed by atoms with van der Waals surface area (Å²) in [6.07, 6.45) is 8.13. The van der Waals surface area contributed by atoms with Gasteiger partial charge in [0.15, 0.2) is 6.04 Å². The second-order valence-electron chi connectivity index (χ2n) is 8.02. The number of rotatable bonds is 9. The lowest BCUT2D eigenvalue weighted by Gasteiger charge is -2.31. The number of nitrogens with one attached hydrogen (secondary N) is 2. The first kappa shape index (κ1) is 22.8. The average molecular weight is 470 g/mol. The van der Waals surface area contributed by atoms with E-state index in [4.69, 9.17) is 8.83 Å². The Morgan fingerprint density at radius 2 is 1.82 bits per heavy atom. The number of carbonyl (C=O) groups is 3. The van der Waals surface area contributed by atoms with Gasteiger partial charge < -0.3 is 24.4 Å². The normalized spacial score (nSPS) is 15.0. The molecular weight excluding hydrogens is 442 g/mol. The molecule has 0 saturated heterocycles. The lowest BCUT2D eigenvalue weighted by atomic mass is 9.95. The number of carbonyl (C=O) groups excluding carboxylic acids is 3. The van der Waals surface area contributed by atoms with Crippen LogP contribution in [-0.4, -0.2) is 35.2 Å². The van der Waals surface area contributed by atoms with Crippen molar-refractivity contribution in [1.29, 1.82) is 0 Å². The van der Waals surface area contributed by atoms with Crippen LogP contribution in [-0.2, 0) is 16.1 Å². The molecule has 1 aliphatic rings. The van der Waals surface area contributed by atoms with Gasteiger partial charge >= 0.3 is 0 Å². The fraction of sp³-hybridized carbons (Fsp3) is 0.375. The van der Waals surface area contributed by atoms with E-state index in [-0.39, 0.29) is 30.9 Å². The Labute approximate surface area is 195 Å². The Kier molecular flexibility index (Phi) is 7.62. The van der Waals surface area contributed by atoms with Crippen LogP contribution in [0.25, 0.3) is 0 Å². The summed E-state index contributed by atoms with van der Waals surface area (Å²) >= 11 is 1.29. The maximum absolute atomic E-state index is 13.4. The molecule has 2 N–H and O–H groups in total. The highest BCUT2D eigenvalue weighted by molar-refractivity contribution is 7.12. The standard InChI is InChI=1S/C24H27N3O5S/c28-21(15-25-23(29)20-11-6-14-33-20)27(16-18-9-4-12-31-18)22(19-10-5-13-32-19)24(30)26-17-7-2-1-3-8-17/h4-6,9-14,17,22H,1-3,7-8,15-16H2,(H,25,29)(H,26,30)/t22-/m1/s1. The molecule has 1 atom stereocenters. The molecule has 3 heterocycles. The van der Waals surface area contributed by atoms with E-state index < -0.39 is 11.9 Å². The van der Waals surface area contributed by atoms with Crippen LogP contribution in [0.5, 0.6) is 0 Å². The molecule has 4 rings (SSSR count). The zero-order valence-corrected chi connectivity index (χ0v) is 19.0. The summed E-state index contributed by atoms with van der Waals surface area (Å²) in [5.41, 5.74) is 0. The minimum Gasteiger partial charge on any atom is -0.467 e. The van der Waals surface area contributed by atoms with Crippen molar-refractivity contribution in [2.24, 2.45) is 0 Å². The maximum Gasteiger partial charge on any atom is 0.261 e.